The fourth-order valence-electron chi connectivity index (χ4n) is 10.2. The predicted octanol–water partition coefficient (Wildman–Crippen LogP) is 14.0. The molecular weight excluding hydrogens is 675 g/mol. The van der Waals surface area contributed by atoms with Crippen molar-refractivity contribution in [2.75, 3.05) is 4.90 Å². The van der Waals surface area contributed by atoms with E-state index >= 15 is 0 Å². The average molecular weight is 714 g/mol. The average Bonchev–Trinajstić information content (AvgIpc) is 3.72. The van der Waals surface area contributed by atoms with Gasteiger partial charge in [-0.2, -0.15) is 0 Å². The summed E-state index contributed by atoms with van der Waals surface area (Å²) in [7, 11) is 0. The second-order valence-corrected chi connectivity index (χ2v) is 15.3. The van der Waals surface area contributed by atoms with Crippen LogP contribution in [0.3, 0.4) is 0 Å². The Kier molecular flexibility index (Phi) is 7.28. The number of fused-ring (bicyclic) bond motifs is 7. The van der Waals surface area contributed by atoms with Crippen molar-refractivity contribution in [2.24, 2.45) is 0 Å². The molecule has 11 rings (SSSR count). The van der Waals surface area contributed by atoms with Gasteiger partial charge >= 0.3 is 0 Å². The summed E-state index contributed by atoms with van der Waals surface area (Å²) in [6.45, 7) is 2.40. The van der Waals surface area contributed by atoms with Crippen LogP contribution in [0.25, 0.3) is 33.0 Å². The maximum absolute atomic E-state index is 2.54. The Morgan fingerprint density at radius 1 is 0.357 bits per heavy atom. The van der Waals surface area contributed by atoms with Crippen molar-refractivity contribution in [2.45, 2.75) is 17.8 Å². The predicted molar refractivity (Wildman–Crippen MR) is 233 cm³/mol. The largest absolute Gasteiger partial charge is 0.309 e. The van der Waals surface area contributed by atoms with Gasteiger partial charge in [0.25, 0.3) is 0 Å². The number of anilines is 3. The van der Waals surface area contributed by atoms with Gasteiger partial charge in [0, 0.05) is 22.1 Å². The molecule has 1 atom stereocenters. The molecule has 0 aliphatic heterocycles. The Morgan fingerprint density at radius 2 is 0.875 bits per heavy atom. The van der Waals surface area contributed by atoms with Crippen LogP contribution in [0.15, 0.2) is 218 Å². The zero-order valence-electron chi connectivity index (χ0n) is 31.2. The Hall–Kier alpha value is -6.96. The summed E-state index contributed by atoms with van der Waals surface area (Å²) < 4.78 is 0. The highest BCUT2D eigenvalue weighted by atomic mass is 15.1. The van der Waals surface area contributed by atoms with Crippen LogP contribution in [0, 0.1) is 0 Å². The molecule has 0 saturated heterocycles. The molecule has 0 spiro atoms. The van der Waals surface area contributed by atoms with Crippen molar-refractivity contribution < 1.29 is 0 Å². The normalized spacial score (nSPS) is 15.8. The minimum absolute atomic E-state index is 0.316. The van der Waals surface area contributed by atoms with Crippen molar-refractivity contribution >= 4 is 27.8 Å². The van der Waals surface area contributed by atoms with Crippen LogP contribution in [-0.2, 0) is 10.8 Å². The van der Waals surface area contributed by atoms with Crippen LogP contribution < -0.4 is 4.90 Å². The van der Waals surface area contributed by atoms with Crippen molar-refractivity contribution in [1.29, 1.82) is 0 Å². The molecule has 0 amide bonds. The highest BCUT2D eigenvalue weighted by molar-refractivity contribution is 6.03. The lowest BCUT2D eigenvalue weighted by molar-refractivity contribution is 0.714. The first-order valence-electron chi connectivity index (χ1n) is 19.6. The molecule has 0 heterocycles. The molecule has 0 aromatic heterocycles. The van der Waals surface area contributed by atoms with Crippen molar-refractivity contribution in [3.05, 3.63) is 257 Å². The minimum atomic E-state index is -0.508. The van der Waals surface area contributed by atoms with E-state index in [-0.39, 0.29) is 5.41 Å². The van der Waals surface area contributed by atoms with Gasteiger partial charge in [-0.05, 0) is 92.2 Å². The van der Waals surface area contributed by atoms with Crippen LogP contribution in [0.2, 0.25) is 0 Å². The van der Waals surface area contributed by atoms with E-state index in [4.69, 9.17) is 0 Å². The third-order valence-corrected chi connectivity index (χ3v) is 12.6. The summed E-state index contributed by atoms with van der Waals surface area (Å²) in [5.41, 5.74) is 16.8. The third-order valence-electron chi connectivity index (χ3n) is 12.6. The first kappa shape index (κ1) is 32.5. The van der Waals surface area contributed by atoms with Crippen LogP contribution in [0.4, 0.5) is 17.1 Å². The minimum Gasteiger partial charge on any atom is -0.309 e. The molecule has 2 aliphatic rings. The molecule has 264 valence electrons. The molecule has 1 heteroatoms. The zero-order valence-corrected chi connectivity index (χ0v) is 31.2. The SMILES string of the molecule is CC1(c2ccccc2)c2ccccc2-c2c(N(c3ccc4c(c3)C(c3ccccc3)(c3ccccc3)c3ccccc3-4)c3cccc4ccccc34)cccc21. The van der Waals surface area contributed by atoms with Crippen LogP contribution in [0.1, 0.15) is 45.9 Å². The van der Waals surface area contributed by atoms with Gasteiger partial charge in [0.1, 0.15) is 0 Å². The van der Waals surface area contributed by atoms with E-state index in [2.05, 4.69) is 230 Å². The number of nitrogens with zero attached hydrogens (tertiary/aromatic N) is 1. The lowest BCUT2D eigenvalue weighted by atomic mass is 9.67. The quantitative estimate of drug-likeness (QED) is 0.166. The van der Waals surface area contributed by atoms with Gasteiger partial charge in [0.2, 0.25) is 0 Å². The van der Waals surface area contributed by atoms with Gasteiger partial charge in [0.15, 0.2) is 0 Å². The second kappa shape index (κ2) is 12.5. The smallest absolute Gasteiger partial charge is 0.0714 e. The summed E-state index contributed by atoms with van der Waals surface area (Å²) in [5.74, 6) is 0. The first-order valence-corrected chi connectivity index (χ1v) is 19.6. The molecule has 0 bridgehead atoms. The monoisotopic (exact) mass is 713 g/mol. The van der Waals surface area contributed by atoms with Gasteiger partial charge in [-0.25, -0.2) is 0 Å². The molecular formula is C55H39N. The molecule has 1 unspecified atom stereocenters. The Labute approximate surface area is 328 Å². The highest BCUT2D eigenvalue weighted by Crippen LogP contribution is 2.60. The van der Waals surface area contributed by atoms with Gasteiger partial charge in [-0.3, -0.25) is 0 Å². The standard InChI is InChI=1S/C55H39N/c1-54(39-21-5-2-6-22-39)47-30-15-14-29-46(47)53-49(54)32-18-34-52(53)56(51-33-17-20-38-19-11-12-27-43(38)51)42-35-36-45-44-28-13-16-31-48(44)55(50(45)37-42,40-23-7-3-8-24-40)41-25-9-4-10-26-41/h2-37H,1H3. The number of benzene rings is 9. The molecule has 9 aromatic rings. The van der Waals surface area contributed by atoms with E-state index in [0.29, 0.717) is 0 Å². The summed E-state index contributed by atoms with van der Waals surface area (Å²) in [5, 5.41) is 2.43. The Bertz CT molecular complexity index is 2880. The molecule has 1 nitrogen and oxygen atoms in total. The third kappa shape index (κ3) is 4.49. The van der Waals surface area contributed by atoms with Gasteiger partial charge in [-0.15, -0.1) is 0 Å². The van der Waals surface area contributed by atoms with E-state index in [1.54, 1.807) is 0 Å². The fraction of sp³-hybridized carbons (Fsp3) is 0.0545. The number of hydrogen-bond donors (Lipinski definition) is 0. The van der Waals surface area contributed by atoms with Crippen LogP contribution >= 0.6 is 0 Å². The molecule has 56 heavy (non-hydrogen) atoms. The molecule has 9 aromatic carbocycles. The van der Waals surface area contributed by atoms with Crippen molar-refractivity contribution in [3.63, 3.8) is 0 Å². The van der Waals surface area contributed by atoms with Crippen LogP contribution in [0.5, 0.6) is 0 Å². The fourth-order valence-corrected chi connectivity index (χ4v) is 10.2. The number of hydrogen-bond acceptors (Lipinski definition) is 1. The summed E-state index contributed by atoms with van der Waals surface area (Å²) in [4.78, 5) is 2.54. The molecule has 0 radical (unpaired) electrons. The summed E-state index contributed by atoms with van der Waals surface area (Å²) >= 11 is 0. The number of rotatable bonds is 6. The van der Waals surface area contributed by atoms with Crippen LogP contribution in [-0.4, -0.2) is 0 Å². The van der Waals surface area contributed by atoms with Crippen molar-refractivity contribution in [3.8, 4) is 22.3 Å². The maximum atomic E-state index is 2.54. The summed E-state index contributed by atoms with van der Waals surface area (Å²) in [6.07, 6.45) is 0. The Balaban J connectivity index is 1.24. The lowest BCUT2D eigenvalue weighted by Crippen LogP contribution is -2.28. The topological polar surface area (TPSA) is 3.24 Å². The van der Waals surface area contributed by atoms with Crippen molar-refractivity contribution in [1.82, 2.24) is 0 Å². The van der Waals surface area contributed by atoms with Gasteiger partial charge in [-0.1, -0.05) is 194 Å². The molecule has 2 aliphatic carbocycles. The first-order chi connectivity index (χ1) is 27.7. The van der Waals surface area contributed by atoms with E-state index in [1.807, 2.05) is 0 Å². The lowest BCUT2D eigenvalue weighted by Gasteiger charge is -2.35. The van der Waals surface area contributed by atoms with E-state index in [9.17, 15) is 0 Å². The summed E-state index contributed by atoms with van der Waals surface area (Å²) in [6, 6.07) is 81.0. The van der Waals surface area contributed by atoms with Gasteiger partial charge in [0.05, 0.1) is 16.8 Å². The Morgan fingerprint density at radius 3 is 1.61 bits per heavy atom. The molecule has 0 fully saturated rings. The maximum Gasteiger partial charge on any atom is 0.0714 e. The molecule has 0 saturated carbocycles. The molecule has 0 N–H and O–H groups in total. The van der Waals surface area contributed by atoms with E-state index < -0.39 is 5.41 Å². The van der Waals surface area contributed by atoms with Gasteiger partial charge < -0.3 is 4.90 Å². The zero-order chi connectivity index (χ0) is 37.3. The highest BCUT2D eigenvalue weighted by Gasteiger charge is 2.47. The van der Waals surface area contributed by atoms with E-state index in [1.165, 1.54) is 77.7 Å². The second-order valence-electron chi connectivity index (χ2n) is 15.3. The van der Waals surface area contributed by atoms with E-state index in [0.717, 1.165) is 11.4 Å².